The van der Waals surface area contributed by atoms with Crippen molar-refractivity contribution in [3.05, 3.63) is 11.6 Å². The van der Waals surface area contributed by atoms with E-state index in [4.69, 9.17) is 9.73 Å². The van der Waals surface area contributed by atoms with Gasteiger partial charge < -0.3 is 15.4 Å². The van der Waals surface area contributed by atoms with E-state index in [-0.39, 0.29) is 24.0 Å². The lowest BCUT2D eigenvalue weighted by atomic mass is 9.91. The fourth-order valence-electron chi connectivity index (χ4n) is 4.13. The van der Waals surface area contributed by atoms with E-state index < -0.39 is 0 Å². The van der Waals surface area contributed by atoms with E-state index in [0.29, 0.717) is 12.6 Å². The minimum atomic E-state index is 0. The molecule has 28 heavy (non-hydrogen) atoms. The van der Waals surface area contributed by atoms with Gasteiger partial charge in [-0.2, -0.15) is 5.10 Å². The maximum absolute atomic E-state index is 5.15. The molecule has 1 aromatic rings. The standard InChI is InChI=1S/C20H36N6O.HI/c1-3-21-20(22-13-16-9-7-5-4-6-8-10-16)23-17-11-12-19-24-18(15-27-2)25-26(19)14-17;/h16-17H,3-15H2,1-2H3,(H2,21,22,23);1H. The van der Waals surface area contributed by atoms with E-state index >= 15 is 0 Å². The average molecular weight is 504 g/mol. The molecule has 3 rings (SSSR count). The Bertz CT molecular complexity index is 598. The SMILES string of the molecule is CCNC(=NCC1CCCCCCC1)NC1CCc2nc(COC)nn2C1.I. The van der Waals surface area contributed by atoms with Crippen LogP contribution in [0.5, 0.6) is 0 Å². The number of fused-ring (bicyclic) bond motifs is 1. The van der Waals surface area contributed by atoms with Crippen molar-refractivity contribution in [2.24, 2.45) is 10.9 Å². The number of nitrogens with zero attached hydrogens (tertiary/aromatic N) is 4. The van der Waals surface area contributed by atoms with Crippen LogP contribution in [-0.2, 0) is 24.3 Å². The molecule has 1 saturated carbocycles. The molecule has 7 nitrogen and oxygen atoms in total. The number of aryl methyl sites for hydroxylation is 1. The number of halogens is 1. The molecule has 1 aliphatic heterocycles. The van der Waals surface area contributed by atoms with Crippen molar-refractivity contribution >= 4 is 29.9 Å². The van der Waals surface area contributed by atoms with Crippen LogP contribution in [0.1, 0.15) is 69.9 Å². The van der Waals surface area contributed by atoms with E-state index in [0.717, 1.165) is 56.0 Å². The summed E-state index contributed by atoms with van der Waals surface area (Å²) in [5, 5.41) is 11.6. The summed E-state index contributed by atoms with van der Waals surface area (Å²) in [6.07, 6.45) is 11.6. The van der Waals surface area contributed by atoms with Gasteiger partial charge in [0.25, 0.3) is 0 Å². The second kappa shape index (κ2) is 12.6. The van der Waals surface area contributed by atoms with Crippen molar-refractivity contribution in [2.45, 2.75) is 83.9 Å². The molecular formula is C20H37IN6O. The van der Waals surface area contributed by atoms with E-state index in [1.165, 1.54) is 44.9 Å². The number of nitrogens with one attached hydrogen (secondary N) is 2. The largest absolute Gasteiger partial charge is 0.377 e. The zero-order chi connectivity index (χ0) is 18.9. The number of guanidine groups is 1. The summed E-state index contributed by atoms with van der Waals surface area (Å²) in [4.78, 5) is 9.48. The van der Waals surface area contributed by atoms with Crippen molar-refractivity contribution in [2.75, 3.05) is 20.2 Å². The summed E-state index contributed by atoms with van der Waals surface area (Å²) in [5.74, 6) is 3.53. The molecule has 1 fully saturated rings. The van der Waals surface area contributed by atoms with Crippen LogP contribution < -0.4 is 10.6 Å². The molecular weight excluding hydrogens is 467 g/mol. The molecule has 2 heterocycles. The summed E-state index contributed by atoms with van der Waals surface area (Å²) in [6, 6.07) is 0.338. The number of hydrogen-bond acceptors (Lipinski definition) is 4. The van der Waals surface area contributed by atoms with Gasteiger partial charge >= 0.3 is 0 Å². The molecule has 1 aliphatic carbocycles. The third-order valence-electron chi connectivity index (χ3n) is 5.59. The quantitative estimate of drug-likeness (QED) is 0.354. The number of rotatable bonds is 6. The van der Waals surface area contributed by atoms with Crippen LogP contribution in [0.3, 0.4) is 0 Å². The van der Waals surface area contributed by atoms with Gasteiger partial charge in [-0.3, -0.25) is 4.99 Å². The molecule has 0 bridgehead atoms. The van der Waals surface area contributed by atoms with Crippen molar-refractivity contribution < 1.29 is 4.74 Å². The van der Waals surface area contributed by atoms with Gasteiger partial charge in [0.15, 0.2) is 11.8 Å². The molecule has 0 spiro atoms. The smallest absolute Gasteiger partial charge is 0.191 e. The number of aromatic nitrogens is 3. The first-order chi connectivity index (χ1) is 13.3. The highest BCUT2D eigenvalue weighted by Crippen LogP contribution is 2.22. The zero-order valence-electron chi connectivity index (χ0n) is 17.5. The van der Waals surface area contributed by atoms with Crippen molar-refractivity contribution in [3.63, 3.8) is 0 Å². The minimum absolute atomic E-state index is 0. The first-order valence-electron chi connectivity index (χ1n) is 10.7. The lowest BCUT2D eigenvalue weighted by molar-refractivity contribution is 0.177. The highest BCUT2D eigenvalue weighted by Gasteiger charge is 2.22. The van der Waals surface area contributed by atoms with Gasteiger partial charge in [-0.1, -0.05) is 32.1 Å². The first-order valence-corrected chi connectivity index (χ1v) is 10.7. The maximum Gasteiger partial charge on any atom is 0.191 e. The van der Waals surface area contributed by atoms with E-state index in [2.05, 4.69) is 27.6 Å². The molecule has 1 aromatic heterocycles. The normalized spacial score (nSPS) is 21.2. The zero-order valence-corrected chi connectivity index (χ0v) is 19.8. The van der Waals surface area contributed by atoms with Crippen LogP contribution in [0.25, 0.3) is 0 Å². The number of aliphatic imine (C=N–C) groups is 1. The highest BCUT2D eigenvalue weighted by molar-refractivity contribution is 14.0. The maximum atomic E-state index is 5.15. The summed E-state index contributed by atoms with van der Waals surface area (Å²) in [6.45, 7) is 5.26. The van der Waals surface area contributed by atoms with Gasteiger partial charge in [0.05, 0.1) is 6.54 Å². The Kier molecular flexibility index (Phi) is 10.5. The van der Waals surface area contributed by atoms with Crippen LogP contribution >= 0.6 is 24.0 Å². The van der Waals surface area contributed by atoms with Crippen LogP contribution in [0.2, 0.25) is 0 Å². The Morgan fingerprint density at radius 2 is 1.93 bits per heavy atom. The Morgan fingerprint density at radius 1 is 1.18 bits per heavy atom. The van der Waals surface area contributed by atoms with Crippen LogP contribution in [0.15, 0.2) is 4.99 Å². The molecule has 2 N–H and O–H groups in total. The predicted molar refractivity (Wildman–Crippen MR) is 123 cm³/mol. The Labute approximate surface area is 186 Å². The van der Waals surface area contributed by atoms with E-state index in [9.17, 15) is 0 Å². The summed E-state index contributed by atoms with van der Waals surface area (Å²) >= 11 is 0. The van der Waals surface area contributed by atoms with Gasteiger partial charge in [0, 0.05) is 32.7 Å². The molecule has 0 aromatic carbocycles. The lowest BCUT2D eigenvalue weighted by Gasteiger charge is -2.26. The minimum Gasteiger partial charge on any atom is -0.377 e. The van der Waals surface area contributed by atoms with Crippen molar-refractivity contribution in [1.82, 2.24) is 25.4 Å². The summed E-state index contributed by atoms with van der Waals surface area (Å²) in [7, 11) is 1.68. The number of ether oxygens (including phenoxy) is 1. The molecule has 0 amide bonds. The molecule has 0 radical (unpaired) electrons. The second-order valence-electron chi connectivity index (χ2n) is 7.87. The Hall–Kier alpha value is -0.900. The second-order valence-corrected chi connectivity index (χ2v) is 7.87. The number of methoxy groups -OCH3 is 1. The van der Waals surface area contributed by atoms with Crippen LogP contribution in [0, 0.1) is 5.92 Å². The molecule has 1 atom stereocenters. The number of hydrogen-bond donors (Lipinski definition) is 2. The topological polar surface area (TPSA) is 76.4 Å². The van der Waals surface area contributed by atoms with Crippen molar-refractivity contribution in [3.8, 4) is 0 Å². The molecule has 160 valence electrons. The van der Waals surface area contributed by atoms with Gasteiger partial charge in [0.1, 0.15) is 12.4 Å². The van der Waals surface area contributed by atoms with E-state index in [1.807, 2.05) is 4.68 Å². The van der Waals surface area contributed by atoms with Gasteiger partial charge in [-0.25, -0.2) is 9.67 Å². The third-order valence-corrected chi connectivity index (χ3v) is 5.59. The first kappa shape index (κ1) is 23.4. The van der Waals surface area contributed by atoms with Gasteiger partial charge in [-0.05, 0) is 32.1 Å². The lowest BCUT2D eigenvalue weighted by Crippen LogP contribution is -2.47. The van der Waals surface area contributed by atoms with E-state index in [1.54, 1.807) is 7.11 Å². The molecule has 8 heteroatoms. The molecule has 2 aliphatic rings. The van der Waals surface area contributed by atoms with Crippen LogP contribution in [-0.4, -0.2) is 47.0 Å². The van der Waals surface area contributed by atoms with Crippen molar-refractivity contribution in [1.29, 1.82) is 0 Å². The van der Waals surface area contributed by atoms with Gasteiger partial charge in [-0.15, -0.1) is 24.0 Å². The van der Waals surface area contributed by atoms with Crippen LogP contribution in [0.4, 0.5) is 0 Å². The fourth-order valence-corrected chi connectivity index (χ4v) is 4.13. The summed E-state index contributed by atoms with van der Waals surface area (Å²) < 4.78 is 7.17. The third kappa shape index (κ3) is 7.17. The monoisotopic (exact) mass is 504 g/mol. The Balaban J connectivity index is 0.00000280. The fraction of sp³-hybridized carbons (Fsp3) is 0.850. The average Bonchev–Trinajstić information content (AvgIpc) is 3.03. The Morgan fingerprint density at radius 3 is 2.64 bits per heavy atom. The molecule has 0 saturated heterocycles. The predicted octanol–water partition coefficient (Wildman–Crippen LogP) is 3.27. The highest BCUT2D eigenvalue weighted by atomic mass is 127. The molecule has 1 unspecified atom stereocenters. The van der Waals surface area contributed by atoms with Gasteiger partial charge in [0.2, 0.25) is 0 Å². The summed E-state index contributed by atoms with van der Waals surface area (Å²) in [5.41, 5.74) is 0.